The maximum absolute atomic E-state index is 8.56. The Hall–Kier alpha value is 3.65. The molecule has 0 amide bonds. The summed E-state index contributed by atoms with van der Waals surface area (Å²) in [5.74, 6) is 0. The van der Waals surface area contributed by atoms with Gasteiger partial charge in [0.05, 0.1) is 0 Å². The molecule has 0 heterocycles. The van der Waals surface area contributed by atoms with Gasteiger partial charge in [0.15, 0.2) is 0 Å². The van der Waals surface area contributed by atoms with Crippen LogP contribution in [0.5, 0.6) is 0 Å². The van der Waals surface area contributed by atoms with Crippen LogP contribution >= 0.6 is 7.82 Å². The Morgan fingerprint density at radius 2 is 1.08 bits per heavy atom. The van der Waals surface area contributed by atoms with Gasteiger partial charge in [0.2, 0.25) is 0 Å². The number of hydrogen-bond acceptors (Lipinski definition) is 5. The van der Waals surface area contributed by atoms with Crippen molar-refractivity contribution in [1.82, 2.24) is 0 Å². The van der Waals surface area contributed by atoms with Crippen LogP contribution in [-0.4, -0.2) is 16.4 Å². The third-order valence-corrected chi connectivity index (χ3v) is 0. The third-order valence-electron chi connectivity index (χ3n) is 0. The molecule has 56 valence electrons. The predicted molar refractivity (Wildman–Crippen MR) is 18.3 cm³/mol. The first-order chi connectivity index (χ1) is 3.73. The van der Waals surface area contributed by atoms with E-state index in [0.29, 0.717) is 0 Å². The third kappa shape index (κ3) is 164. The van der Waals surface area contributed by atoms with Crippen molar-refractivity contribution in [2.45, 2.75) is 0 Å². The molecule has 0 aliphatic rings. The van der Waals surface area contributed by atoms with E-state index in [9.17, 15) is 0 Å². The number of rotatable bonds is 0. The number of hydrogen-bond donors (Lipinski definition) is 2. The molecule has 0 aromatic rings. The van der Waals surface area contributed by atoms with E-state index in [-0.39, 0.29) is 132 Å². The van der Waals surface area contributed by atoms with Gasteiger partial charge >= 0.3 is 138 Å². The summed E-state index contributed by atoms with van der Waals surface area (Å²) in [5, 5.41) is 13.9. The topological polar surface area (TPSA) is 144 Å². The molecule has 0 saturated carbocycles. The summed E-state index contributed by atoms with van der Waals surface area (Å²) in [6.45, 7) is 0. The Kier molecular flexibility index (Phi) is 42.1. The number of carboxylic acid groups (broad SMARTS) is 2. The normalized spacial score (nSPS) is 6.92. The van der Waals surface area contributed by atoms with Crippen LogP contribution in [0.3, 0.4) is 0 Å². The smallest absolute Gasteiger partial charge is 0.822 e. The van der Waals surface area contributed by atoms with Crippen LogP contribution in [-0.2, 0) is 4.57 Å². The molecule has 0 aromatic heterocycles. The van der Waals surface area contributed by atoms with Gasteiger partial charge in [-0.3, -0.25) is 0 Å². The molecule has 0 fully saturated rings. The SMILES string of the molecule is O=C(O)O.O=P([O-])([O-])[O-].[K+].[K+].[Na+]. The van der Waals surface area contributed by atoms with Crippen LogP contribution in [0, 0.1) is 0 Å². The van der Waals surface area contributed by atoms with E-state index in [2.05, 4.69) is 0 Å². The van der Waals surface area contributed by atoms with Crippen molar-refractivity contribution in [3.63, 3.8) is 0 Å². The van der Waals surface area contributed by atoms with Gasteiger partial charge in [-0.05, 0) is 0 Å². The second kappa shape index (κ2) is 17.1. The monoisotopic (exact) mass is 258 g/mol. The van der Waals surface area contributed by atoms with Crippen LogP contribution < -0.4 is 147 Å². The van der Waals surface area contributed by atoms with Crippen molar-refractivity contribution in [2.24, 2.45) is 0 Å². The van der Waals surface area contributed by atoms with E-state index in [1.807, 2.05) is 0 Å². The average molecular weight is 258 g/mol. The van der Waals surface area contributed by atoms with Crippen LogP contribution in [0.2, 0.25) is 0 Å². The van der Waals surface area contributed by atoms with Crippen molar-refractivity contribution in [2.75, 3.05) is 0 Å². The van der Waals surface area contributed by atoms with E-state index in [0.717, 1.165) is 0 Å². The molecule has 0 spiro atoms. The molecule has 2 N–H and O–H groups in total. The fourth-order valence-electron chi connectivity index (χ4n) is 0. The average Bonchev–Trinajstić information content (AvgIpc) is 1.19. The molecule has 0 saturated heterocycles. The first kappa shape index (κ1) is 29.6. The summed E-state index contributed by atoms with van der Waals surface area (Å²) < 4.78 is 8.55. The molecule has 11 heteroatoms. The number of phosphoric acid groups is 1. The summed E-state index contributed by atoms with van der Waals surface area (Å²) in [5.41, 5.74) is 0. The Balaban J connectivity index is -0.0000000221. The van der Waals surface area contributed by atoms with Gasteiger partial charge in [0.1, 0.15) is 0 Å². The summed E-state index contributed by atoms with van der Waals surface area (Å²) in [6.07, 6.45) is -1.83. The van der Waals surface area contributed by atoms with Crippen molar-refractivity contribution in [3.05, 3.63) is 0 Å². The Morgan fingerprint density at radius 1 is 1.08 bits per heavy atom. The van der Waals surface area contributed by atoms with Gasteiger partial charge in [-0.25, -0.2) is 4.79 Å². The van der Waals surface area contributed by atoms with E-state index >= 15 is 0 Å². The van der Waals surface area contributed by atoms with Crippen LogP contribution in [0.15, 0.2) is 0 Å². The molecule has 12 heavy (non-hydrogen) atoms. The van der Waals surface area contributed by atoms with Crippen molar-refractivity contribution >= 4 is 14.0 Å². The first-order valence-corrected chi connectivity index (χ1v) is 2.84. The summed E-state index contributed by atoms with van der Waals surface area (Å²) in [7, 11) is -5.39. The molecule has 0 bridgehead atoms. The van der Waals surface area contributed by atoms with E-state index in [4.69, 9.17) is 34.3 Å². The second-order valence-electron chi connectivity index (χ2n) is 0.730. The van der Waals surface area contributed by atoms with Gasteiger partial charge in [-0.1, -0.05) is 0 Å². The minimum atomic E-state index is -5.39. The molecule has 7 nitrogen and oxygen atoms in total. The van der Waals surface area contributed by atoms with Gasteiger partial charge in [-0.2, -0.15) is 7.82 Å². The zero-order valence-corrected chi connectivity index (χ0v) is 16.0. The van der Waals surface area contributed by atoms with E-state index in [1.165, 1.54) is 0 Å². The molecular formula is CH2K2NaO7P. The fourth-order valence-corrected chi connectivity index (χ4v) is 0. The maximum Gasteiger partial charge on any atom is 1.00 e. The zero-order chi connectivity index (χ0) is 8.08. The molecule has 0 atom stereocenters. The fraction of sp³-hybridized carbons (Fsp3) is 0. The molecule has 0 aliphatic heterocycles. The summed E-state index contributed by atoms with van der Waals surface area (Å²) in [6, 6.07) is 0. The van der Waals surface area contributed by atoms with Crippen molar-refractivity contribution in [3.8, 4) is 0 Å². The van der Waals surface area contributed by atoms with Gasteiger partial charge < -0.3 is 29.5 Å². The molecule has 0 rings (SSSR count). The second-order valence-corrected chi connectivity index (χ2v) is 1.62. The quantitative estimate of drug-likeness (QED) is 0.324. The van der Waals surface area contributed by atoms with Crippen LogP contribution in [0.1, 0.15) is 0 Å². The van der Waals surface area contributed by atoms with Crippen molar-refractivity contribution < 1.29 is 167 Å². The first-order valence-electron chi connectivity index (χ1n) is 1.38. The largest absolute Gasteiger partial charge is 1.00 e. The standard InChI is InChI=1S/CH2O3.2K.Na.H3O4P/c2-1(3)4;;;;1-5(2,3)4/h(H2,2,3,4);;;;(H3,1,2,3,4)/q;3*+1;/p-3. The van der Waals surface area contributed by atoms with E-state index < -0.39 is 14.0 Å². The minimum absolute atomic E-state index is 0. The summed E-state index contributed by atoms with van der Waals surface area (Å²) >= 11 is 0. The molecular weight excluding hydrogens is 256 g/mol. The minimum Gasteiger partial charge on any atom is -0.822 e. The van der Waals surface area contributed by atoms with Crippen molar-refractivity contribution in [1.29, 1.82) is 0 Å². The predicted octanol–water partition coefficient (Wildman–Crippen LogP) is -11.6. The Labute approximate surface area is 176 Å². The van der Waals surface area contributed by atoms with Gasteiger partial charge in [0, 0.05) is 0 Å². The van der Waals surface area contributed by atoms with Crippen LogP contribution in [0.25, 0.3) is 0 Å². The molecule has 0 unspecified atom stereocenters. The Morgan fingerprint density at radius 3 is 1.08 bits per heavy atom. The molecule has 0 aliphatic carbocycles. The maximum atomic E-state index is 8.56. The van der Waals surface area contributed by atoms with Gasteiger partial charge in [0.25, 0.3) is 0 Å². The van der Waals surface area contributed by atoms with E-state index in [1.54, 1.807) is 0 Å². The molecule has 0 radical (unpaired) electrons. The molecule has 0 aromatic carbocycles. The van der Waals surface area contributed by atoms with Crippen LogP contribution in [0.4, 0.5) is 4.79 Å². The van der Waals surface area contributed by atoms with Gasteiger partial charge in [-0.15, -0.1) is 0 Å². The Bertz CT molecular complexity index is 121. The summed E-state index contributed by atoms with van der Waals surface area (Å²) in [4.78, 5) is 34.2. The zero-order valence-electron chi connectivity index (χ0n) is 6.88. The number of carbonyl (C=O) groups is 1.